The van der Waals surface area contributed by atoms with E-state index in [4.69, 9.17) is 10.8 Å². The quantitative estimate of drug-likeness (QED) is 0.497. The van der Waals surface area contributed by atoms with Crippen LogP contribution in [-0.4, -0.2) is 15.1 Å². The molecule has 0 fully saturated rings. The lowest BCUT2D eigenvalue weighted by molar-refractivity contribution is 0.441. The topological polar surface area (TPSA) is 92.0 Å². The minimum atomic E-state index is -0.377. The molecule has 0 aliphatic rings. The average molecular weight is 155 g/mol. The fraction of sp³-hybridized carbons (Fsp3) is 0.333. The van der Waals surface area contributed by atoms with Gasteiger partial charge in [-0.15, -0.1) is 0 Å². The third-order valence-electron chi connectivity index (χ3n) is 1.32. The number of rotatable bonds is 1. The van der Waals surface area contributed by atoms with Crippen molar-refractivity contribution in [3.8, 4) is 5.88 Å². The number of aromatic hydroxyl groups is 1. The van der Waals surface area contributed by atoms with E-state index in [0.717, 1.165) is 0 Å². The average Bonchev–Trinajstić information content (AvgIpc) is 1.85. The van der Waals surface area contributed by atoms with Crippen LogP contribution in [-0.2, 0) is 6.54 Å². The van der Waals surface area contributed by atoms with Gasteiger partial charge < -0.3 is 15.8 Å². The smallest absolute Gasteiger partial charge is 0.259 e. The third kappa shape index (κ3) is 1.38. The highest BCUT2D eigenvalue weighted by atomic mass is 16.3. The SMILES string of the molecule is Cc1nc(O)c(CN)c(=O)[nH]1. The van der Waals surface area contributed by atoms with Crippen LogP contribution in [0.5, 0.6) is 5.88 Å². The highest BCUT2D eigenvalue weighted by Crippen LogP contribution is 2.05. The molecular formula is C6H9N3O2. The Morgan fingerprint density at radius 1 is 1.73 bits per heavy atom. The summed E-state index contributed by atoms with van der Waals surface area (Å²) in [6.45, 7) is 1.58. The minimum Gasteiger partial charge on any atom is -0.493 e. The van der Waals surface area contributed by atoms with Gasteiger partial charge in [0.15, 0.2) is 0 Å². The van der Waals surface area contributed by atoms with Crippen molar-refractivity contribution in [3.63, 3.8) is 0 Å². The first-order valence-electron chi connectivity index (χ1n) is 3.14. The summed E-state index contributed by atoms with van der Waals surface area (Å²) in [5.41, 5.74) is 4.93. The van der Waals surface area contributed by atoms with Crippen molar-refractivity contribution >= 4 is 0 Å². The van der Waals surface area contributed by atoms with E-state index in [9.17, 15) is 4.79 Å². The molecule has 0 radical (unpaired) electrons. The molecule has 1 aromatic heterocycles. The molecule has 4 N–H and O–H groups in total. The standard InChI is InChI=1S/C6H9N3O2/c1-3-8-5(10)4(2-7)6(11)9-3/h2,7H2,1H3,(H2,8,9,10,11). The minimum absolute atomic E-state index is 0.00551. The van der Waals surface area contributed by atoms with Gasteiger partial charge in [-0.25, -0.2) is 4.98 Å². The maximum atomic E-state index is 11.0. The molecular weight excluding hydrogens is 146 g/mol. The largest absolute Gasteiger partial charge is 0.493 e. The van der Waals surface area contributed by atoms with Crippen molar-refractivity contribution < 1.29 is 5.11 Å². The summed E-state index contributed by atoms with van der Waals surface area (Å²) in [5, 5.41) is 9.06. The molecule has 0 saturated heterocycles. The Morgan fingerprint density at radius 2 is 2.36 bits per heavy atom. The zero-order chi connectivity index (χ0) is 8.43. The van der Waals surface area contributed by atoms with E-state index in [1.54, 1.807) is 6.92 Å². The summed E-state index contributed by atoms with van der Waals surface area (Å²) < 4.78 is 0. The van der Waals surface area contributed by atoms with Crippen molar-refractivity contribution in [2.45, 2.75) is 13.5 Å². The predicted molar refractivity (Wildman–Crippen MR) is 39.2 cm³/mol. The Hall–Kier alpha value is -1.36. The van der Waals surface area contributed by atoms with Crippen LogP contribution in [0.15, 0.2) is 4.79 Å². The Labute approximate surface area is 62.9 Å². The van der Waals surface area contributed by atoms with Gasteiger partial charge in [0.25, 0.3) is 5.56 Å². The van der Waals surface area contributed by atoms with Gasteiger partial charge in [-0.3, -0.25) is 4.79 Å². The first-order chi connectivity index (χ1) is 5.15. The summed E-state index contributed by atoms with van der Waals surface area (Å²) in [4.78, 5) is 17.0. The molecule has 1 rings (SSSR count). The van der Waals surface area contributed by atoms with Crippen molar-refractivity contribution in [2.75, 3.05) is 0 Å². The van der Waals surface area contributed by atoms with Crippen LogP contribution >= 0.6 is 0 Å². The highest BCUT2D eigenvalue weighted by molar-refractivity contribution is 5.21. The zero-order valence-corrected chi connectivity index (χ0v) is 6.09. The van der Waals surface area contributed by atoms with E-state index >= 15 is 0 Å². The summed E-state index contributed by atoms with van der Waals surface area (Å²) in [6, 6.07) is 0. The second kappa shape index (κ2) is 2.71. The van der Waals surface area contributed by atoms with Gasteiger partial charge in [0.2, 0.25) is 5.88 Å². The number of aromatic nitrogens is 2. The maximum absolute atomic E-state index is 11.0. The molecule has 60 valence electrons. The molecule has 5 heteroatoms. The lowest BCUT2D eigenvalue weighted by Gasteiger charge is -1.98. The van der Waals surface area contributed by atoms with Crippen LogP contribution in [0.25, 0.3) is 0 Å². The van der Waals surface area contributed by atoms with E-state index in [0.29, 0.717) is 5.82 Å². The molecule has 0 unspecified atom stereocenters. The highest BCUT2D eigenvalue weighted by Gasteiger charge is 2.05. The molecule has 0 aromatic carbocycles. The number of aryl methyl sites for hydroxylation is 1. The number of nitrogens with two attached hydrogens (primary N) is 1. The summed E-state index contributed by atoms with van der Waals surface area (Å²) >= 11 is 0. The summed E-state index contributed by atoms with van der Waals surface area (Å²) in [5.74, 6) is 0.0958. The van der Waals surface area contributed by atoms with Crippen LogP contribution in [0.4, 0.5) is 0 Å². The Bertz CT molecular complexity index is 318. The van der Waals surface area contributed by atoms with Crippen LogP contribution in [0.3, 0.4) is 0 Å². The fourth-order valence-electron chi connectivity index (χ4n) is 0.780. The molecule has 0 aliphatic heterocycles. The molecule has 0 amide bonds. The molecule has 0 spiro atoms. The number of nitrogens with zero attached hydrogens (tertiary/aromatic N) is 1. The van der Waals surface area contributed by atoms with Gasteiger partial charge in [-0.2, -0.15) is 0 Å². The molecule has 0 saturated carbocycles. The van der Waals surface area contributed by atoms with Gasteiger partial charge in [0.1, 0.15) is 5.82 Å². The van der Waals surface area contributed by atoms with E-state index in [2.05, 4.69) is 9.97 Å². The monoisotopic (exact) mass is 155 g/mol. The number of nitrogens with one attached hydrogen (secondary N) is 1. The lowest BCUT2D eigenvalue weighted by Crippen LogP contribution is -2.18. The van der Waals surface area contributed by atoms with Crippen LogP contribution in [0.1, 0.15) is 11.4 Å². The van der Waals surface area contributed by atoms with Gasteiger partial charge >= 0.3 is 0 Å². The molecule has 0 aliphatic carbocycles. The molecule has 0 bridgehead atoms. The summed E-state index contributed by atoms with van der Waals surface area (Å²) in [7, 11) is 0. The lowest BCUT2D eigenvalue weighted by atomic mass is 10.3. The molecule has 1 aromatic rings. The van der Waals surface area contributed by atoms with Gasteiger partial charge in [-0.1, -0.05) is 0 Å². The fourth-order valence-corrected chi connectivity index (χ4v) is 0.780. The van der Waals surface area contributed by atoms with Gasteiger partial charge in [-0.05, 0) is 6.92 Å². The second-order valence-corrected chi connectivity index (χ2v) is 2.16. The van der Waals surface area contributed by atoms with Crippen molar-refractivity contribution in [2.24, 2.45) is 5.73 Å². The Kier molecular flexibility index (Phi) is 1.91. The normalized spacial score (nSPS) is 10.0. The van der Waals surface area contributed by atoms with Crippen LogP contribution in [0.2, 0.25) is 0 Å². The predicted octanol–water partition coefficient (Wildman–Crippen LogP) is -0.757. The van der Waals surface area contributed by atoms with E-state index in [1.165, 1.54) is 0 Å². The Morgan fingerprint density at radius 3 is 2.82 bits per heavy atom. The molecule has 11 heavy (non-hydrogen) atoms. The van der Waals surface area contributed by atoms with E-state index < -0.39 is 0 Å². The maximum Gasteiger partial charge on any atom is 0.259 e. The molecule has 1 heterocycles. The van der Waals surface area contributed by atoms with Crippen molar-refractivity contribution in [3.05, 3.63) is 21.7 Å². The first-order valence-corrected chi connectivity index (χ1v) is 3.14. The second-order valence-electron chi connectivity index (χ2n) is 2.16. The van der Waals surface area contributed by atoms with Crippen molar-refractivity contribution in [1.82, 2.24) is 9.97 Å². The number of hydrogen-bond donors (Lipinski definition) is 3. The number of H-pyrrole nitrogens is 1. The van der Waals surface area contributed by atoms with Crippen LogP contribution < -0.4 is 11.3 Å². The van der Waals surface area contributed by atoms with Crippen molar-refractivity contribution in [1.29, 1.82) is 0 Å². The van der Waals surface area contributed by atoms with Crippen LogP contribution in [0, 0.1) is 6.92 Å². The Balaban J connectivity index is 3.37. The third-order valence-corrected chi connectivity index (χ3v) is 1.32. The molecule has 5 nitrogen and oxygen atoms in total. The van der Waals surface area contributed by atoms with Gasteiger partial charge in [0, 0.05) is 6.54 Å². The first kappa shape index (κ1) is 7.74. The van der Waals surface area contributed by atoms with E-state index in [-0.39, 0.29) is 23.5 Å². The summed E-state index contributed by atoms with van der Waals surface area (Å²) in [6.07, 6.45) is 0. The van der Waals surface area contributed by atoms with Gasteiger partial charge in [0.05, 0.1) is 5.56 Å². The zero-order valence-electron chi connectivity index (χ0n) is 6.09. The number of aromatic amines is 1. The number of hydrogen-bond acceptors (Lipinski definition) is 4. The molecule has 0 atom stereocenters. The van der Waals surface area contributed by atoms with E-state index in [1.807, 2.05) is 0 Å².